The topological polar surface area (TPSA) is 165 Å². The van der Waals surface area contributed by atoms with Crippen LogP contribution < -0.4 is 16.6 Å². The first-order valence-corrected chi connectivity index (χ1v) is 13.3. The molecule has 8 nitrogen and oxygen atoms in total. The van der Waals surface area contributed by atoms with Gasteiger partial charge in [-0.25, -0.2) is 0 Å². The number of aromatic hydroxyl groups is 2. The molecule has 0 atom stereocenters. The number of aliphatic hydroxyl groups is 1. The number of benzene rings is 2. The van der Waals surface area contributed by atoms with Gasteiger partial charge in [-0.05, 0) is 66.1 Å². The quantitative estimate of drug-likeness (QED) is 0.138. The molecule has 10 radical (unpaired) electrons. The van der Waals surface area contributed by atoms with Crippen LogP contribution in [0.15, 0.2) is 42.5 Å². The zero-order valence-electron chi connectivity index (χ0n) is 28.8. The molecule has 0 aliphatic heterocycles. The number of hydrogen-bond donors (Lipinski definition) is 5. The monoisotopic (exact) mass is 1450 g/mol. The van der Waals surface area contributed by atoms with Gasteiger partial charge in [0.25, 0.3) is 0 Å². The Hall–Kier alpha value is 7.58. The summed E-state index contributed by atoms with van der Waals surface area (Å²) in [5.41, 5.74) is 8.00. The minimum absolute atomic E-state index is 0. The van der Waals surface area contributed by atoms with Gasteiger partial charge in [0, 0.05) is 333 Å². The fraction of sp³-hybridized carbons (Fsp3) is 0.438. The van der Waals surface area contributed by atoms with Gasteiger partial charge >= 0.3 is 0 Å². The Labute approximate surface area is 553 Å². The predicted molar refractivity (Wildman–Crippen MR) is 163 cm³/mol. The van der Waals surface area contributed by atoms with E-state index in [1.165, 1.54) is 82.8 Å². The van der Waals surface area contributed by atoms with Crippen molar-refractivity contribution in [2.24, 2.45) is 5.73 Å². The number of nitrogens with two attached hydrogens (primary N) is 1. The van der Waals surface area contributed by atoms with Gasteiger partial charge < -0.3 is 31.9 Å². The molecule has 0 saturated heterocycles. The fourth-order valence-corrected chi connectivity index (χ4v) is 3.32. The maximum absolute atomic E-state index is 12.2. The number of rotatable bonds is 10. The Kier molecular flexibility index (Phi) is 92.8. The fourth-order valence-electron chi connectivity index (χ4n) is 3.32. The number of ketones is 2. The van der Waals surface area contributed by atoms with E-state index >= 15 is 0 Å². The van der Waals surface area contributed by atoms with E-state index in [-0.39, 0.29) is 383 Å². The number of carbonyl (C=O) groups is 2. The van der Waals surface area contributed by atoms with Gasteiger partial charge in [-0.1, -0.05) is 77.0 Å². The van der Waals surface area contributed by atoms with Crippen molar-refractivity contribution in [2.75, 3.05) is 13.7 Å². The molecule has 2 aromatic carbocycles. The molecule has 2 aromatic rings. The molecular weight excluding hydrogens is 1400 g/mol. The SMILES string of the molecule is C.C1CCC1.C1CCC1.COc1cc(/C=C/C(=O)CC(=O)/C=C/c2ccc(O)c(CO)c2)c(CCN)cc1O.N.[Y].[Y].[Y].[Y].[Y].[Y].[Y].[Y].[Y].[Y]. The molecule has 2 fully saturated rings. The van der Waals surface area contributed by atoms with Crippen molar-refractivity contribution in [2.45, 2.75) is 78.2 Å². The molecule has 2 saturated carbocycles. The summed E-state index contributed by atoms with van der Waals surface area (Å²) in [7, 11) is 1.43. The van der Waals surface area contributed by atoms with Crippen LogP contribution in [0, 0.1) is 0 Å². The molecule has 0 unspecified atom stereocenters. The third-order valence-electron chi connectivity index (χ3n) is 6.39. The minimum Gasteiger partial charge on any atom is -0.508 e. The zero-order valence-corrected chi connectivity index (χ0v) is 57.2. The van der Waals surface area contributed by atoms with Gasteiger partial charge in [-0.15, -0.1) is 0 Å². The molecule has 50 heavy (non-hydrogen) atoms. The molecule has 0 spiro atoms. The van der Waals surface area contributed by atoms with Crippen LogP contribution in [-0.4, -0.2) is 40.5 Å². The van der Waals surface area contributed by atoms with Crippen LogP contribution in [0.4, 0.5) is 0 Å². The van der Waals surface area contributed by atoms with Gasteiger partial charge in [0.2, 0.25) is 0 Å². The number of aliphatic hydroxyl groups excluding tert-OH is 1. The Balaban J connectivity index is -0.0000000747. The van der Waals surface area contributed by atoms with Crippen LogP contribution in [0.3, 0.4) is 0 Å². The molecule has 0 bridgehead atoms. The molecule has 8 N–H and O–H groups in total. The summed E-state index contributed by atoms with van der Waals surface area (Å²) in [4.78, 5) is 24.2. The van der Waals surface area contributed by atoms with E-state index < -0.39 is 0 Å². The zero-order chi connectivity index (χ0) is 27.8. The van der Waals surface area contributed by atoms with Crippen molar-refractivity contribution in [1.29, 1.82) is 0 Å². The number of carbonyl (C=O) groups excluding carboxylic acids is 2. The van der Waals surface area contributed by atoms with E-state index in [1.807, 2.05) is 0 Å². The molecule has 252 valence electrons. The summed E-state index contributed by atoms with van der Waals surface area (Å²) in [6.07, 6.45) is 17.9. The van der Waals surface area contributed by atoms with E-state index in [1.54, 1.807) is 30.3 Å². The second-order valence-corrected chi connectivity index (χ2v) is 9.41. The number of phenolic OH excluding ortho intramolecular Hbond substituents is 1. The Morgan fingerprint density at radius 3 is 1.52 bits per heavy atom. The van der Waals surface area contributed by atoms with Gasteiger partial charge in [-0.3, -0.25) is 9.59 Å². The summed E-state index contributed by atoms with van der Waals surface area (Å²) in [6, 6.07) is 7.72. The molecule has 2 aliphatic carbocycles. The molecule has 0 amide bonds. The summed E-state index contributed by atoms with van der Waals surface area (Å²) >= 11 is 0. The first-order valence-electron chi connectivity index (χ1n) is 13.3. The summed E-state index contributed by atoms with van der Waals surface area (Å²) < 4.78 is 5.09. The Morgan fingerprint density at radius 1 is 0.700 bits per heavy atom. The number of allylic oxidation sites excluding steroid dienone is 2. The van der Waals surface area contributed by atoms with Crippen molar-refractivity contribution in [3.63, 3.8) is 0 Å². The van der Waals surface area contributed by atoms with Crippen molar-refractivity contribution in [1.82, 2.24) is 6.15 Å². The molecule has 4 rings (SSSR count). The number of phenols is 2. The van der Waals surface area contributed by atoms with Crippen molar-refractivity contribution >= 4 is 23.7 Å². The second-order valence-electron chi connectivity index (χ2n) is 9.41. The molecule has 2 aliphatic rings. The molecular formula is C32H48N2O6Y10. The van der Waals surface area contributed by atoms with Crippen LogP contribution in [0.5, 0.6) is 17.2 Å². The maximum atomic E-state index is 12.2. The first kappa shape index (κ1) is 85.0. The van der Waals surface area contributed by atoms with E-state index in [4.69, 9.17) is 15.6 Å². The third kappa shape index (κ3) is 38.5. The van der Waals surface area contributed by atoms with Crippen LogP contribution in [0.2, 0.25) is 0 Å². The minimum atomic E-state index is -0.381. The molecule has 0 aromatic heterocycles. The second kappa shape index (κ2) is 54.6. The van der Waals surface area contributed by atoms with E-state index in [0.29, 0.717) is 29.7 Å². The van der Waals surface area contributed by atoms with Crippen molar-refractivity contribution in [3.05, 3.63) is 64.7 Å². The standard InChI is InChI=1S/C23H25NO6.2C4H8.CH4.H3N.10Y/c1-30-23-12-16(17(8-9-24)11-22(23)29)4-6-20(27)13-19(26)5-2-15-3-7-21(28)18(10-15)14-25;2*1-2-4-3-1;;;;;;;;;;;;/h2-7,10-12,25,28-29H,8-9,13-14,24H2,1H3;2*1-4H2;1H4;1H3;;;;;;;;;;/b5-2+,6-4+;;;;;;;;;;;;;;. The van der Waals surface area contributed by atoms with Crippen LogP contribution in [-0.2, 0) is 350 Å². The van der Waals surface area contributed by atoms with Crippen LogP contribution in [0.25, 0.3) is 12.2 Å². The predicted octanol–water partition coefficient (Wildman–Crippen LogP) is 6.25. The van der Waals surface area contributed by atoms with Gasteiger partial charge in [0.15, 0.2) is 23.1 Å². The number of methoxy groups -OCH3 is 1. The van der Waals surface area contributed by atoms with Gasteiger partial charge in [0.1, 0.15) is 5.75 Å². The third-order valence-corrected chi connectivity index (χ3v) is 6.39. The summed E-state index contributed by atoms with van der Waals surface area (Å²) in [5, 5.41) is 28.6. The molecule has 18 heteroatoms. The number of ether oxygens (including phenoxy) is 1. The largest absolute Gasteiger partial charge is 0.508 e. The maximum Gasteiger partial charge on any atom is 0.163 e. The van der Waals surface area contributed by atoms with Gasteiger partial charge in [0.05, 0.1) is 20.1 Å². The van der Waals surface area contributed by atoms with Crippen LogP contribution >= 0.6 is 0 Å². The number of hydrogen-bond acceptors (Lipinski definition) is 8. The molecule has 0 heterocycles. The van der Waals surface area contributed by atoms with E-state index in [0.717, 1.165) is 5.56 Å². The first-order chi connectivity index (χ1) is 18.4. The van der Waals surface area contributed by atoms with Crippen molar-refractivity contribution < 1.29 is 357 Å². The average molecular weight is 1450 g/mol. The Morgan fingerprint density at radius 2 is 1.14 bits per heavy atom. The summed E-state index contributed by atoms with van der Waals surface area (Å²) in [6.45, 7) is 0.0536. The summed E-state index contributed by atoms with van der Waals surface area (Å²) in [5.74, 6) is -0.520. The normalized spacial score (nSPS) is 10.6. The average Bonchev–Trinajstić information content (AvgIpc) is 2.81. The van der Waals surface area contributed by atoms with Gasteiger partial charge in [-0.2, -0.15) is 0 Å². The van der Waals surface area contributed by atoms with E-state index in [9.17, 15) is 19.8 Å². The van der Waals surface area contributed by atoms with E-state index in [2.05, 4.69) is 0 Å². The Bertz CT molecular complexity index is 1120. The van der Waals surface area contributed by atoms with Crippen molar-refractivity contribution in [3.8, 4) is 17.2 Å². The smallest absolute Gasteiger partial charge is 0.163 e. The van der Waals surface area contributed by atoms with Crippen LogP contribution in [0.1, 0.15) is 87.5 Å².